The summed E-state index contributed by atoms with van der Waals surface area (Å²) >= 11 is 0. The molecule has 4 amide bonds. The van der Waals surface area contributed by atoms with E-state index in [0.717, 1.165) is 0 Å². The molecule has 0 bridgehead atoms. The van der Waals surface area contributed by atoms with E-state index in [1.54, 1.807) is 46.8 Å². The minimum Gasteiger partial charge on any atom is -0.507 e. The number of carbonyl (C=O) groups excluding carboxylic acids is 5. The number of phenolic OH excluding ortho intramolecular Hbond substituents is 1. The van der Waals surface area contributed by atoms with Crippen LogP contribution in [-0.2, 0) is 28.7 Å². The van der Waals surface area contributed by atoms with Crippen LogP contribution in [0.4, 0.5) is 4.79 Å². The number of nitrogens with zero attached hydrogens (tertiary/aromatic N) is 1. The predicted molar refractivity (Wildman–Crippen MR) is 153 cm³/mol. The van der Waals surface area contributed by atoms with E-state index in [-0.39, 0.29) is 30.1 Å². The zero-order valence-electron chi connectivity index (χ0n) is 25.4. The largest absolute Gasteiger partial charge is 0.507 e. The molecule has 0 spiro atoms. The molecule has 0 aliphatic rings. The summed E-state index contributed by atoms with van der Waals surface area (Å²) < 4.78 is 9.98. The van der Waals surface area contributed by atoms with Gasteiger partial charge < -0.3 is 35.8 Å². The summed E-state index contributed by atoms with van der Waals surface area (Å²) in [5, 5.41) is 16.0. The Morgan fingerprint density at radius 3 is 2.22 bits per heavy atom. The molecule has 1 rings (SSSR count). The Morgan fingerprint density at radius 2 is 1.68 bits per heavy atom. The van der Waals surface area contributed by atoms with Gasteiger partial charge in [-0.1, -0.05) is 32.0 Å². The standard InChI is InChI=1S/C29H46N4O8/c1-17(2)12-13-19(4)33(27(38)21(14-15-22(30)34)32-28(39)41-29(5,6)7)24(26(37)31-16-23(35)40-8)20-11-9-10-18(3)25(20)36/h9-11,17,19,21,24,36H,12-16H2,1-8H3,(H2,30,34)(H,31,37)(H,32,39). The summed E-state index contributed by atoms with van der Waals surface area (Å²) in [4.78, 5) is 65.5. The number of nitrogens with two attached hydrogens (primary N) is 1. The van der Waals surface area contributed by atoms with Crippen LogP contribution in [0, 0.1) is 12.8 Å². The molecule has 3 atom stereocenters. The first-order valence-electron chi connectivity index (χ1n) is 13.7. The molecule has 5 N–H and O–H groups in total. The number of benzene rings is 1. The van der Waals surface area contributed by atoms with E-state index >= 15 is 0 Å². The summed E-state index contributed by atoms with van der Waals surface area (Å²) in [5.74, 6) is -2.74. The maximum atomic E-state index is 14.3. The van der Waals surface area contributed by atoms with Crippen molar-refractivity contribution in [2.45, 2.75) is 97.9 Å². The van der Waals surface area contributed by atoms with Gasteiger partial charge in [-0.25, -0.2) is 4.79 Å². The number of nitrogens with one attached hydrogen (secondary N) is 2. The second kappa shape index (κ2) is 15.8. The Labute approximate surface area is 242 Å². The number of phenols is 1. The van der Waals surface area contributed by atoms with Gasteiger partial charge in [0.05, 0.1) is 7.11 Å². The number of aryl methyl sites for hydroxylation is 1. The van der Waals surface area contributed by atoms with Crippen LogP contribution in [0.1, 0.15) is 84.4 Å². The first kappa shape index (κ1) is 35.2. The fourth-order valence-electron chi connectivity index (χ4n) is 4.13. The first-order chi connectivity index (χ1) is 19.0. The number of ether oxygens (including phenoxy) is 2. The van der Waals surface area contributed by atoms with E-state index in [9.17, 15) is 29.1 Å². The highest BCUT2D eigenvalue weighted by Crippen LogP contribution is 2.34. The van der Waals surface area contributed by atoms with Crippen molar-refractivity contribution in [3.63, 3.8) is 0 Å². The van der Waals surface area contributed by atoms with Crippen molar-refractivity contribution in [2.75, 3.05) is 13.7 Å². The van der Waals surface area contributed by atoms with Gasteiger partial charge in [-0.15, -0.1) is 0 Å². The number of hydrogen-bond acceptors (Lipinski definition) is 8. The number of primary amides is 1. The molecule has 0 fully saturated rings. The van der Waals surface area contributed by atoms with E-state index in [4.69, 9.17) is 10.5 Å². The number of carbonyl (C=O) groups is 5. The Balaban J connectivity index is 3.73. The third-order valence-corrected chi connectivity index (χ3v) is 6.28. The first-order valence-corrected chi connectivity index (χ1v) is 13.7. The SMILES string of the molecule is COC(=O)CNC(=O)C(c1cccc(C)c1O)N(C(=O)C(CCC(N)=O)NC(=O)OC(C)(C)C)C(C)CCC(C)C. The van der Waals surface area contributed by atoms with Crippen LogP contribution < -0.4 is 16.4 Å². The molecule has 3 unspecified atom stereocenters. The Kier molecular flexibility index (Phi) is 13.6. The maximum absolute atomic E-state index is 14.3. The number of alkyl carbamates (subject to hydrolysis) is 1. The van der Waals surface area contributed by atoms with Crippen molar-refractivity contribution in [3.8, 4) is 5.75 Å². The maximum Gasteiger partial charge on any atom is 0.408 e. The lowest BCUT2D eigenvalue weighted by molar-refractivity contribution is -0.146. The Bertz CT molecular complexity index is 1080. The smallest absolute Gasteiger partial charge is 0.408 e. The third-order valence-electron chi connectivity index (χ3n) is 6.28. The third kappa shape index (κ3) is 11.7. The van der Waals surface area contributed by atoms with Crippen molar-refractivity contribution in [1.82, 2.24) is 15.5 Å². The predicted octanol–water partition coefficient (Wildman–Crippen LogP) is 2.84. The van der Waals surface area contributed by atoms with Crippen LogP contribution >= 0.6 is 0 Å². The summed E-state index contributed by atoms with van der Waals surface area (Å²) in [7, 11) is 1.17. The summed E-state index contributed by atoms with van der Waals surface area (Å²) in [5.41, 5.74) is 5.09. The van der Waals surface area contributed by atoms with Crippen molar-refractivity contribution in [1.29, 1.82) is 0 Å². The van der Waals surface area contributed by atoms with E-state index in [2.05, 4.69) is 15.4 Å². The minimum absolute atomic E-state index is 0.128. The zero-order chi connectivity index (χ0) is 31.5. The average molecular weight is 579 g/mol. The molecule has 0 aromatic heterocycles. The van der Waals surface area contributed by atoms with Crippen LogP contribution in [0.2, 0.25) is 0 Å². The van der Waals surface area contributed by atoms with Gasteiger partial charge in [0, 0.05) is 18.0 Å². The van der Waals surface area contributed by atoms with E-state index in [0.29, 0.717) is 18.4 Å². The minimum atomic E-state index is -1.40. The fraction of sp³-hybridized carbons (Fsp3) is 0.621. The number of amides is 4. The van der Waals surface area contributed by atoms with Crippen LogP contribution in [-0.4, -0.2) is 71.1 Å². The molecule has 0 aliphatic carbocycles. The number of rotatable bonds is 14. The van der Waals surface area contributed by atoms with Crippen molar-refractivity contribution in [3.05, 3.63) is 29.3 Å². The summed E-state index contributed by atoms with van der Waals surface area (Å²) in [6, 6.07) is 1.54. The van der Waals surface area contributed by atoms with Gasteiger partial charge >= 0.3 is 12.1 Å². The Morgan fingerprint density at radius 1 is 1.05 bits per heavy atom. The van der Waals surface area contributed by atoms with E-state index < -0.39 is 60.1 Å². The molecule has 0 heterocycles. The van der Waals surface area contributed by atoms with E-state index in [1.807, 2.05) is 13.8 Å². The van der Waals surface area contributed by atoms with Gasteiger partial charge in [-0.05, 0) is 65.4 Å². The molecule has 1 aromatic rings. The molecule has 12 nitrogen and oxygen atoms in total. The number of hydrogen-bond donors (Lipinski definition) is 4. The molecule has 1 aromatic carbocycles. The van der Waals surface area contributed by atoms with Crippen LogP contribution in [0.15, 0.2) is 18.2 Å². The van der Waals surface area contributed by atoms with E-state index in [1.165, 1.54) is 18.1 Å². The molecule has 0 radical (unpaired) electrons. The fourth-order valence-corrected chi connectivity index (χ4v) is 4.13. The van der Waals surface area contributed by atoms with Gasteiger partial charge in [-0.3, -0.25) is 19.2 Å². The molecule has 230 valence electrons. The number of methoxy groups -OCH3 is 1. The monoisotopic (exact) mass is 578 g/mol. The molecular formula is C29H46N4O8. The van der Waals surface area contributed by atoms with Gasteiger partial charge in [0.15, 0.2) is 0 Å². The van der Waals surface area contributed by atoms with Gasteiger partial charge in [0.1, 0.15) is 30.0 Å². The molecule has 41 heavy (non-hydrogen) atoms. The second-order valence-electron chi connectivity index (χ2n) is 11.5. The summed E-state index contributed by atoms with van der Waals surface area (Å²) in [6.45, 7) is 12.0. The van der Waals surface area contributed by atoms with Crippen molar-refractivity contribution < 1.29 is 38.6 Å². The molecular weight excluding hydrogens is 532 g/mol. The van der Waals surface area contributed by atoms with Gasteiger partial charge in [0.25, 0.3) is 0 Å². The lowest BCUT2D eigenvalue weighted by atomic mass is 9.95. The number of esters is 1. The number of aromatic hydroxyl groups is 1. The zero-order valence-corrected chi connectivity index (χ0v) is 25.4. The normalized spacial score (nSPS) is 13.5. The van der Waals surface area contributed by atoms with Crippen molar-refractivity contribution in [2.24, 2.45) is 11.7 Å². The topological polar surface area (TPSA) is 177 Å². The lowest BCUT2D eigenvalue weighted by Crippen LogP contribution is -2.56. The van der Waals surface area contributed by atoms with Crippen LogP contribution in [0.5, 0.6) is 5.75 Å². The molecule has 0 saturated carbocycles. The quantitative estimate of drug-likeness (QED) is 0.243. The van der Waals surface area contributed by atoms with Gasteiger partial charge in [-0.2, -0.15) is 0 Å². The molecule has 12 heteroatoms. The van der Waals surface area contributed by atoms with Gasteiger partial charge in [0.2, 0.25) is 17.7 Å². The number of para-hydroxylation sites is 1. The molecule has 0 aliphatic heterocycles. The van der Waals surface area contributed by atoms with Crippen LogP contribution in [0.25, 0.3) is 0 Å². The highest BCUT2D eigenvalue weighted by Gasteiger charge is 2.40. The highest BCUT2D eigenvalue weighted by atomic mass is 16.6. The average Bonchev–Trinajstić information content (AvgIpc) is 2.86. The summed E-state index contributed by atoms with van der Waals surface area (Å²) in [6.07, 6.45) is -0.0922. The van der Waals surface area contributed by atoms with Crippen LogP contribution in [0.3, 0.4) is 0 Å². The Hall–Kier alpha value is -3.83. The highest BCUT2D eigenvalue weighted by molar-refractivity contribution is 5.94. The lowest BCUT2D eigenvalue weighted by Gasteiger charge is -2.39. The molecule has 0 saturated heterocycles. The van der Waals surface area contributed by atoms with Crippen molar-refractivity contribution >= 4 is 29.8 Å². The second-order valence-corrected chi connectivity index (χ2v) is 11.5.